The van der Waals surface area contributed by atoms with Gasteiger partial charge in [0.15, 0.2) is 0 Å². The molecular formula is C17H12F4N2O2. The highest BCUT2D eigenvalue weighted by molar-refractivity contribution is 6.06. The van der Waals surface area contributed by atoms with Crippen LogP contribution in [0.2, 0.25) is 0 Å². The van der Waals surface area contributed by atoms with Gasteiger partial charge in [-0.25, -0.2) is 4.39 Å². The van der Waals surface area contributed by atoms with Gasteiger partial charge in [-0.3, -0.25) is 4.79 Å². The molecular weight excluding hydrogens is 340 g/mol. The lowest BCUT2D eigenvalue weighted by atomic mass is 10.0. The summed E-state index contributed by atoms with van der Waals surface area (Å²) in [5, 5.41) is 5.98. The Labute approximate surface area is 140 Å². The van der Waals surface area contributed by atoms with Crippen molar-refractivity contribution in [3.05, 3.63) is 65.5 Å². The summed E-state index contributed by atoms with van der Waals surface area (Å²) < 4.78 is 51.8. The Kier molecular flexibility index (Phi) is 4.43. The molecule has 0 aromatic heterocycles. The van der Waals surface area contributed by atoms with Crippen LogP contribution in [0.15, 0.2) is 53.7 Å². The van der Waals surface area contributed by atoms with E-state index in [0.717, 1.165) is 12.1 Å². The Morgan fingerprint density at radius 2 is 1.80 bits per heavy atom. The second kappa shape index (κ2) is 6.54. The number of anilines is 1. The molecule has 0 radical (unpaired) electrons. The van der Waals surface area contributed by atoms with E-state index in [-0.39, 0.29) is 12.1 Å². The molecule has 0 spiro atoms. The van der Waals surface area contributed by atoms with Gasteiger partial charge in [0.2, 0.25) is 6.10 Å². The molecule has 0 unspecified atom stereocenters. The molecule has 8 heteroatoms. The number of amides is 1. The maximum atomic E-state index is 13.0. The predicted octanol–water partition coefficient (Wildman–Crippen LogP) is 3.98. The average Bonchev–Trinajstić information content (AvgIpc) is 3.05. The summed E-state index contributed by atoms with van der Waals surface area (Å²) in [5.41, 5.74) is -0.295. The lowest BCUT2D eigenvalue weighted by Crippen LogP contribution is -2.29. The van der Waals surface area contributed by atoms with E-state index < -0.39 is 29.6 Å². The summed E-state index contributed by atoms with van der Waals surface area (Å²) in [6.45, 7) is 0. The normalized spacial score (nSPS) is 17.0. The van der Waals surface area contributed by atoms with Crippen LogP contribution in [-0.4, -0.2) is 17.7 Å². The maximum Gasteiger partial charge on any atom is 0.418 e. The molecule has 0 saturated carbocycles. The van der Waals surface area contributed by atoms with E-state index >= 15 is 0 Å². The summed E-state index contributed by atoms with van der Waals surface area (Å²) in [4.78, 5) is 17.2. The molecule has 0 fully saturated rings. The molecule has 1 aliphatic heterocycles. The van der Waals surface area contributed by atoms with Crippen molar-refractivity contribution in [2.75, 3.05) is 5.32 Å². The molecule has 1 aliphatic rings. The van der Waals surface area contributed by atoms with Crippen LogP contribution in [-0.2, 0) is 15.8 Å². The molecule has 1 atom stereocenters. The molecule has 1 heterocycles. The fraction of sp³-hybridized carbons (Fsp3) is 0.176. The third-order valence-corrected chi connectivity index (χ3v) is 3.63. The quantitative estimate of drug-likeness (QED) is 0.850. The van der Waals surface area contributed by atoms with Gasteiger partial charge in [-0.15, -0.1) is 0 Å². The molecule has 0 saturated heterocycles. The van der Waals surface area contributed by atoms with Gasteiger partial charge in [-0.2, -0.15) is 13.2 Å². The fourth-order valence-electron chi connectivity index (χ4n) is 2.38. The minimum Gasteiger partial charge on any atom is -0.382 e. The number of nitrogens with one attached hydrogen (secondary N) is 1. The van der Waals surface area contributed by atoms with Crippen molar-refractivity contribution >= 4 is 17.3 Å². The summed E-state index contributed by atoms with van der Waals surface area (Å²) in [6, 6.07) is 10.1. The SMILES string of the molecule is O=C(Nc1ccccc1C(F)(F)F)[C@@H]1CC(c2ccc(F)cc2)=NO1. The smallest absolute Gasteiger partial charge is 0.382 e. The van der Waals surface area contributed by atoms with Crippen LogP contribution in [0.25, 0.3) is 0 Å². The molecule has 2 aromatic rings. The van der Waals surface area contributed by atoms with Gasteiger partial charge in [-0.1, -0.05) is 29.4 Å². The lowest BCUT2D eigenvalue weighted by Gasteiger charge is -2.15. The van der Waals surface area contributed by atoms with Crippen LogP contribution in [0.5, 0.6) is 0 Å². The van der Waals surface area contributed by atoms with Crippen LogP contribution in [0, 0.1) is 5.82 Å². The second-order valence-electron chi connectivity index (χ2n) is 5.38. The number of carbonyl (C=O) groups excluding carboxylic acids is 1. The number of oxime groups is 1. The Morgan fingerprint density at radius 3 is 2.48 bits per heavy atom. The number of hydrogen-bond acceptors (Lipinski definition) is 3. The minimum absolute atomic E-state index is 0.0751. The third kappa shape index (κ3) is 3.78. The minimum atomic E-state index is -4.59. The van der Waals surface area contributed by atoms with Gasteiger partial charge < -0.3 is 10.2 Å². The van der Waals surface area contributed by atoms with Gasteiger partial charge in [0, 0.05) is 6.42 Å². The average molecular weight is 352 g/mol. The van der Waals surface area contributed by atoms with Crippen LogP contribution in [0.3, 0.4) is 0 Å². The highest BCUT2D eigenvalue weighted by atomic mass is 19.4. The van der Waals surface area contributed by atoms with E-state index in [1.807, 2.05) is 0 Å². The second-order valence-corrected chi connectivity index (χ2v) is 5.38. The van der Waals surface area contributed by atoms with Gasteiger partial charge in [0.1, 0.15) is 5.82 Å². The molecule has 130 valence electrons. The number of benzene rings is 2. The van der Waals surface area contributed by atoms with Crippen LogP contribution in [0.1, 0.15) is 17.5 Å². The van der Waals surface area contributed by atoms with Gasteiger partial charge in [0.05, 0.1) is 17.0 Å². The molecule has 3 rings (SSSR count). The number of halogens is 4. The lowest BCUT2D eigenvalue weighted by molar-refractivity contribution is -0.137. The zero-order chi connectivity index (χ0) is 18.0. The topological polar surface area (TPSA) is 50.7 Å². The number of rotatable bonds is 3. The first-order valence-electron chi connectivity index (χ1n) is 7.30. The number of nitrogens with zero attached hydrogens (tertiary/aromatic N) is 1. The van der Waals surface area contributed by atoms with E-state index in [0.29, 0.717) is 11.3 Å². The van der Waals surface area contributed by atoms with Crippen LogP contribution >= 0.6 is 0 Å². The zero-order valence-electron chi connectivity index (χ0n) is 12.7. The van der Waals surface area contributed by atoms with E-state index in [4.69, 9.17) is 4.84 Å². The van der Waals surface area contributed by atoms with Crippen molar-refractivity contribution in [1.82, 2.24) is 0 Å². The van der Waals surface area contributed by atoms with E-state index in [2.05, 4.69) is 10.5 Å². The number of hydrogen-bond donors (Lipinski definition) is 1. The van der Waals surface area contributed by atoms with E-state index in [1.54, 1.807) is 0 Å². The first-order valence-corrected chi connectivity index (χ1v) is 7.30. The molecule has 0 aliphatic carbocycles. The van der Waals surface area contributed by atoms with Gasteiger partial charge >= 0.3 is 6.18 Å². The number of carbonyl (C=O) groups is 1. The Hall–Kier alpha value is -2.90. The molecule has 1 N–H and O–H groups in total. The van der Waals surface area contributed by atoms with Crippen molar-refractivity contribution in [1.29, 1.82) is 0 Å². The fourth-order valence-corrected chi connectivity index (χ4v) is 2.38. The highest BCUT2D eigenvalue weighted by Gasteiger charge is 2.35. The summed E-state index contributed by atoms with van der Waals surface area (Å²) in [5.74, 6) is -1.15. The van der Waals surface area contributed by atoms with E-state index in [9.17, 15) is 22.4 Å². The molecule has 2 aromatic carbocycles. The monoisotopic (exact) mass is 352 g/mol. The Bertz CT molecular complexity index is 816. The van der Waals surface area contributed by atoms with Gasteiger partial charge in [-0.05, 0) is 29.8 Å². The van der Waals surface area contributed by atoms with Crippen molar-refractivity contribution < 1.29 is 27.2 Å². The Balaban J connectivity index is 1.69. The first-order chi connectivity index (χ1) is 11.8. The molecule has 0 bridgehead atoms. The highest BCUT2D eigenvalue weighted by Crippen LogP contribution is 2.34. The zero-order valence-corrected chi connectivity index (χ0v) is 12.7. The predicted molar refractivity (Wildman–Crippen MR) is 82.5 cm³/mol. The standard InChI is InChI=1S/C17H12F4N2O2/c18-11-7-5-10(6-8-11)14-9-15(25-23-14)16(24)22-13-4-2-1-3-12(13)17(19,20)21/h1-8,15H,9H2,(H,22,24)/t15-/m0/s1. The first kappa shape index (κ1) is 16.9. The Morgan fingerprint density at radius 1 is 1.12 bits per heavy atom. The largest absolute Gasteiger partial charge is 0.418 e. The van der Waals surface area contributed by atoms with Crippen molar-refractivity contribution in [3.63, 3.8) is 0 Å². The van der Waals surface area contributed by atoms with Gasteiger partial charge in [0.25, 0.3) is 5.91 Å². The number of alkyl halides is 3. The van der Waals surface area contributed by atoms with Crippen LogP contribution in [0.4, 0.5) is 23.2 Å². The van der Waals surface area contributed by atoms with E-state index in [1.165, 1.54) is 36.4 Å². The van der Waals surface area contributed by atoms with Crippen molar-refractivity contribution in [2.24, 2.45) is 5.16 Å². The summed E-state index contributed by atoms with van der Waals surface area (Å²) in [7, 11) is 0. The molecule has 4 nitrogen and oxygen atoms in total. The maximum absolute atomic E-state index is 13.0. The summed E-state index contributed by atoms with van der Waals surface area (Å²) >= 11 is 0. The van der Waals surface area contributed by atoms with Crippen molar-refractivity contribution in [2.45, 2.75) is 18.7 Å². The summed E-state index contributed by atoms with van der Waals surface area (Å²) in [6.07, 6.45) is -5.57. The third-order valence-electron chi connectivity index (χ3n) is 3.63. The molecule has 25 heavy (non-hydrogen) atoms. The number of para-hydroxylation sites is 1. The molecule has 1 amide bonds. The van der Waals surface area contributed by atoms with Crippen LogP contribution < -0.4 is 5.32 Å². The van der Waals surface area contributed by atoms with Crippen molar-refractivity contribution in [3.8, 4) is 0 Å².